The number of benzene rings is 3. The Hall–Kier alpha value is -2.81. The second-order valence-electron chi connectivity index (χ2n) is 6.42. The van der Waals surface area contributed by atoms with Crippen LogP contribution in [0.5, 0.6) is 11.5 Å². The van der Waals surface area contributed by atoms with Gasteiger partial charge in [0, 0.05) is 21.3 Å². The van der Waals surface area contributed by atoms with Gasteiger partial charge in [-0.05, 0) is 53.6 Å². The van der Waals surface area contributed by atoms with Crippen LogP contribution in [-0.2, 0) is 5.75 Å². The van der Waals surface area contributed by atoms with Crippen LogP contribution in [0.4, 0.5) is 5.69 Å². The van der Waals surface area contributed by atoms with E-state index in [-0.39, 0.29) is 16.2 Å². The molecule has 9 heteroatoms. The number of thioether (sulfide) groups is 1. The highest BCUT2D eigenvalue weighted by atomic mass is 79.9. The maximum atomic E-state index is 13.2. The van der Waals surface area contributed by atoms with E-state index in [1.807, 2.05) is 24.3 Å². The molecular weight excluding hydrogens is 506 g/mol. The summed E-state index contributed by atoms with van der Waals surface area (Å²) < 4.78 is 0.924. The molecule has 0 radical (unpaired) electrons. The molecule has 0 aliphatic rings. The number of nitro benzene ring substituents is 1. The molecule has 0 unspecified atom stereocenters. The first-order valence-electron chi connectivity index (χ1n) is 8.84. The Morgan fingerprint density at radius 2 is 1.74 bits per heavy atom. The number of phenolic OH excluding ortho intramolecular Hbond substituents is 2. The summed E-state index contributed by atoms with van der Waals surface area (Å²) in [5.74, 6) is -0.712. The van der Waals surface area contributed by atoms with Crippen LogP contribution in [0.3, 0.4) is 0 Å². The van der Waals surface area contributed by atoms with Crippen LogP contribution in [0.2, 0.25) is 5.02 Å². The number of hydrogen-bond donors (Lipinski definition) is 2. The number of halogens is 2. The number of Topliss-reactive ketones (excluding diaryl/α,β-unsaturated/α-hetero) is 1. The molecule has 0 saturated heterocycles. The Kier molecular flexibility index (Phi) is 7.37. The first kappa shape index (κ1) is 22.9. The zero-order valence-electron chi connectivity index (χ0n) is 15.8. The second-order valence-corrected chi connectivity index (χ2v) is 8.79. The number of nitrogens with zero attached hydrogens (tertiary/aromatic N) is 1. The fourth-order valence-electron chi connectivity index (χ4n) is 2.67. The van der Waals surface area contributed by atoms with Crippen molar-refractivity contribution in [1.82, 2.24) is 0 Å². The quantitative estimate of drug-likeness (QED) is 0.158. The minimum Gasteiger partial charge on any atom is -0.507 e. The van der Waals surface area contributed by atoms with Gasteiger partial charge in [-0.15, -0.1) is 11.8 Å². The summed E-state index contributed by atoms with van der Waals surface area (Å²) in [6.07, 6.45) is 1.48. The molecule has 6 nitrogen and oxygen atoms in total. The molecule has 0 bridgehead atoms. The Morgan fingerprint density at radius 1 is 1.06 bits per heavy atom. The molecule has 158 valence electrons. The molecular formula is C22H15BrClNO5S. The van der Waals surface area contributed by atoms with Crippen LogP contribution in [0.1, 0.15) is 21.5 Å². The maximum absolute atomic E-state index is 13.2. The number of aromatic hydroxyl groups is 2. The number of carbonyl (C=O) groups is 1. The average Bonchev–Trinajstić information content (AvgIpc) is 2.74. The predicted molar refractivity (Wildman–Crippen MR) is 126 cm³/mol. The van der Waals surface area contributed by atoms with Crippen molar-refractivity contribution < 1.29 is 19.9 Å². The standard InChI is InChI=1S/C22H15BrClNO5S/c23-15-4-1-13(2-5-15)12-31-21(22(28)17-11-16(24)6-8-19(17)26)10-14-3-7-20(27)18(9-14)25(29)30/h1-11,26-27H,12H2/b21-10+. The van der Waals surface area contributed by atoms with Crippen LogP contribution in [-0.4, -0.2) is 20.9 Å². The van der Waals surface area contributed by atoms with E-state index in [4.69, 9.17) is 11.6 Å². The summed E-state index contributed by atoms with van der Waals surface area (Å²) >= 11 is 10.6. The van der Waals surface area contributed by atoms with Gasteiger partial charge in [0.05, 0.1) is 15.4 Å². The first-order valence-corrected chi connectivity index (χ1v) is 11.0. The third-order valence-corrected chi connectivity index (χ3v) is 6.08. The summed E-state index contributed by atoms with van der Waals surface area (Å²) in [5.41, 5.74) is 0.871. The summed E-state index contributed by atoms with van der Waals surface area (Å²) in [7, 11) is 0. The first-order chi connectivity index (χ1) is 14.7. The normalized spacial score (nSPS) is 11.4. The van der Waals surface area contributed by atoms with Gasteiger partial charge in [-0.25, -0.2) is 0 Å². The summed E-state index contributed by atoms with van der Waals surface area (Å²) in [5, 5.41) is 31.3. The summed E-state index contributed by atoms with van der Waals surface area (Å²) in [6.45, 7) is 0. The number of phenols is 2. The number of hydrogen-bond acceptors (Lipinski definition) is 6. The van der Waals surface area contributed by atoms with Gasteiger partial charge >= 0.3 is 5.69 Å². The van der Waals surface area contributed by atoms with Gasteiger partial charge in [-0.3, -0.25) is 14.9 Å². The molecule has 31 heavy (non-hydrogen) atoms. The minimum absolute atomic E-state index is 0.0235. The molecule has 0 fully saturated rings. The topological polar surface area (TPSA) is 101 Å². The van der Waals surface area contributed by atoms with E-state index < -0.39 is 22.1 Å². The van der Waals surface area contributed by atoms with Gasteiger partial charge in [-0.1, -0.05) is 45.7 Å². The number of carbonyl (C=O) groups excluding carboxylic acids is 1. The number of rotatable bonds is 7. The van der Waals surface area contributed by atoms with Crippen LogP contribution < -0.4 is 0 Å². The zero-order chi connectivity index (χ0) is 22.5. The number of allylic oxidation sites excluding steroid dienone is 1. The van der Waals surface area contributed by atoms with Crippen molar-refractivity contribution in [3.63, 3.8) is 0 Å². The summed E-state index contributed by atoms with van der Waals surface area (Å²) in [6, 6.07) is 15.6. The van der Waals surface area contributed by atoms with Crippen molar-refractivity contribution in [3.8, 4) is 11.5 Å². The molecule has 0 atom stereocenters. The van der Waals surface area contributed by atoms with E-state index in [1.165, 1.54) is 54.2 Å². The largest absolute Gasteiger partial charge is 0.507 e. The van der Waals surface area contributed by atoms with E-state index >= 15 is 0 Å². The van der Waals surface area contributed by atoms with Gasteiger partial charge in [-0.2, -0.15) is 0 Å². The molecule has 0 aromatic heterocycles. The highest BCUT2D eigenvalue weighted by Gasteiger charge is 2.19. The molecule has 2 N–H and O–H groups in total. The van der Waals surface area contributed by atoms with Gasteiger partial charge in [0.2, 0.25) is 5.78 Å². The molecule has 0 heterocycles. The van der Waals surface area contributed by atoms with Gasteiger partial charge < -0.3 is 10.2 Å². The lowest BCUT2D eigenvalue weighted by Crippen LogP contribution is -2.02. The molecule has 0 aliphatic heterocycles. The van der Waals surface area contributed by atoms with E-state index in [2.05, 4.69) is 15.9 Å². The fraction of sp³-hybridized carbons (Fsp3) is 0.0455. The second kappa shape index (κ2) is 10.00. The molecule has 0 aliphatic carbocycles. The number of nitro groups is 1. The molecule has 3 aromatic rings. The smallest absolute Gasteiger partial charge is 0.311 e. The minimum atomic E-state index is -0.702. The van der Waals surface area contributed by atoms with E-state index in [0.29, 0.717) is 16.3 Å². The third-order valence-electron chi connectivity index (χ3n) is 4.23. The number of ketones is 1. The Bertz CT molecular complexity index is 1180. The van der Waals surface area contributed by atoms with Crippen LogP contribution in [0.25, 0.3) is 6.08 Å². The zero-order valence-corrected chi connectivity index (χ0v) is 18.9. The lowest BCUT2D eigenvalue weighted by atomic mass is 10.1. The molecule has 0 spiro atoms. The van der Waals surface area contributed by atoms with Crippen LogP contribution in [0.15, 0.2) is 70.0 Å². The van der Waals surface area contributed by atoms with Crippen molar-refractivity contribution in [2.45, 2.75) is 5.75 Å². The molecule has 0 amide bonds. The maximum Gasteiger partial charge on any atom is 0.311 e. The van der Waals surface area contributed by atoms with Crippen LogP contribution in [0, 0.1) is 10.1 Å². The lowest BCUT2D eigenvalue weighted by molar-refractivity contribution is -0.385. The lowest BCUT2D eigenvalue weighted by Gasteiger charge is -2.10. The monoisotopic (exact) mass is 519 g/mol. The fourth-order valence-corrected chi connectivity index (χ4v) is 4.08. The highest BCUT2D eigenvalue weighted by molar-refractivity contribution is 9.10. The van der Waals surface area contributed by atoms with Crippen molar-refractivity contribution in [3.05, 3.63) is 102 Å². The van der Waals surface area contributed by atoms with E-state index in [0.717, 1.165) is 10.0 Å². The van der Waals surface area contributed by atoms with E-state index in [9.17, 15) is 25.1 Å². The predicted octanol–water partition coefficient (Wildman–Crippen LogP) is 6.58. The van der Waals surface area contributed by atoms with Gasteiger partial charge in [0.15, 0.2) is 5.75 Å². The third kappa shape index (κ3) is 5.88. The van der Waals surface area contributed by atoms with Gasteiger partial charge in [0.1, 0.15) is 5.75 Å². The SMILES string of the molecule is O=C(/C(=C\c1ccc(O)c([N+](=O)[O-])c1)SCc1ccc(Br)cc1)c1cc(Cl)ccc1O. The van der Waals surface area contributed by atoms with Crippen LogP contribution >= 0.6 is 39.3 Å². The Labute approximate surface area is 195 Å². The Morgan fingerprint density at radius 3 is 2.42 bits per heavy atom. The van der Waals surface area contributed by atoms with E-state index in [1.54, 1.807) is 0 Å². The summed E-state index contributed by atoms with van der Waals surface area (Å²) in [4.78, 5) is 23.9. The Balaban J connectivity index is 2.00. The average molecular weight is 521 g/mol. The van der Waals surface area contributed by atoms with Crippen molar-refractivity contribution in [2.24, 2.45) is 0 Å². The molecule has 0 saturated carbocycles. The molecule has 3 rings (SSSR count). The highest BCUT2D eigenvalue weighted by Crippen LogP contribution is 2.33. The van der Waals surface area contributed by atoms with Crippen molar-refractivity contribution in [1.29, 1.82) is 0 Å². The van der Waals surface area contributed by atoms with Crippen molar-refractivity contribution in [2.75, 3.05) is 0 Å². The van der Waals surface area contributed by atoms with Crippen molar-refractivity contribution >= 4 is 56.8 Å². The van der Waals surface area contributed by atoms with Gasteiger partial charge in [0.25, 0.3) is 0 Å². The molecule has 3 aromatic carbocycles.